The Kier molecular flexibility index (Phi) is 6.28. The number of aromatic amines is 1. The SMILES string of the molecule is C[C@]1(C(N)=O)COc2c1cc(C(CNC(=O)c1cc3cc(F)ccc3[nH]1)C(F)(F)F)nc2-c1ccc(F)cc1. The molecular formula is C27H21F5N4O3. The fourth-order valence-corrected chi connectivity index (χ4v) is 4.49. The molecule has 12 heteroatoms. The highest BCUT2D eigenvalue weighted by Crippen LogP contribution is 2.46. The monoisotopic (exact) mass is 544 g/mol. The average molecular weight is 544 g/mol. The average Bonchev–Trinajstić information content (AvgIpc) is 3.45. The Bertz CT molecular complexity index is 1600. The molecule has 0 bridgehead atoms. The van der Waals surface area contributed by atoms with Gasteiger partial charge in [-0.05, 0) is 61.5 Å². The van der Waals surface area contributed by atoms with Gasteiger partial charge in [-0.15, -0.1) is 0 Å². The zero-order chi connectivity index (χ0) is 28.1. The molecule has 5 rings (SSSR count). The van der Waals surface area contributed by atoms with E-state index < -0.39 is 53.2 Å². The Balaban J connectivity index is 1.54. The number of primary amides is 1. The van der Waals surface area contributed by atoms with E-state index in [0.717, 1.165) is 18.2 Å². The molecule has 0 saturated heterocycles. The molecule has 202 valence electrons. The summed E-state index contributed by atoms with van der Waals surface area (Å²) in [4.78, 5) is 32.0. The van der Waals surface area contributed by atoms with Crippen LogP contribution in [-0.4, -0.2) is 41.1 Å². The van der Waals surface area contributed by atoms with Gasteiger partial charge >= 0.3 is 6.18 Å². The molecule has 7 nitrogen and oxygen atoms in total. The Hall–Kier alpha value is -4.48. The lowest BCUT2D eigenvalue weighted by atomic mass is 9.82. The van der Waals surface area contributed by atoms with Gasteiger partial charge in [0.15, 0.2) is 0 Å². The van der Waals surface area contributed by atoms with Gasteiger partial charge in [0, 0.05) is 28.6 Å². The Morgan fingerprint density at radius 2 is 1.79 bits per heavy atom. The molecule has 3 heterocycles. The number of carbonyl (C=O) groups is 2. The maximum atomic E-state index is 14.3. The minimum absolute atomic E-state index is 0.0225. The van der Waals surface area contributed by atoms with Crippen LogP contribution in [0.15, 0.2) is 54.6 Å². The third-order valence-electron chi connectivity index (χ3n) is 6.80. The molecule has 4 aromatic rings. The predicted octanol–water partition coefficient (Wildman–Crippen LogP) is 4.72. The number of H-pyrrole nitrogens is 1. The number of alkyl halides is 3. The van der Waals surface area contributed by atoms with Gasteiger partial charge in [0.05, 0.1) is 5.69 Å². The van der Waals surface area contributed by atoms with E-state index in [-0.39, 0.29) is 34.9 Å². The van der Waals surface area contributed by atoms with Gasteiger partial charge < -0.3 is 20.8 Å². The standard InChI is InChI=1S/C27H21F5N4O3/c1-26(25(33)38)12-39-23-17(26)10-20(36-22(23)13-2-4-15(28)5-3-13)18(27(30,31)32)11-34-24(37)21-9-14-8-16(29)6-7-19(14)35-21/h2-10,18,35H,11-12H2,1H3,(H2,33,38)(H,34,37)/t18?,26-/m0/s1. The van der Waals surface area contributed by atoms with Crippen LogP contribution in [0, 0.1) is 11.6 Å². The molecule has 2 aromatic heterocycles. The van der Waals surface area contributed by atoms with Crippen molar-refractivity contribution in [3.05, 3.63) is 83.2 Å². The largest absolute Gasteiger partial charge is 0.489 e. The number of amides is 2. The summed E-state index contributed by atoms with van der Waals surface area (Å²) < 4.78 is 75.7. The summed E-state index contributed by atoms with van der Waals surface area (Å²) >= 11 is 0. The van der Waals surface area contributed by atoms with Gasteiger partial charge in [0.1, 0.15) is 46.7 Å². The van der Waals surface area contributed by atoms with Crippen molar-refractivity contribution in [1.82, 2.24) is 15.3 Å². The smallest absolute Gasteiger partial charge is 0.398 e. The first-order chi connectivity index (χ1) is 18.4. The highest BCUT2D eigenvalue weighted by molar-refractivity contribution is 5.98. The third-order valence-corrected chi connectivity index (χ3v) is 6.80. The zero-order valence-corrected chi connectivity index (χ0v) is 20.3. The number of hydrogen-bond donors (Lipinski definition) is 3. The van der Waals surface area contributed by atoms with Crippen molar-refractivity contribution in [3.63, 3.8) is 0 Å². The minimum atomic E-state index is -4.86. The fraction of sp³-hybridized carbons (Fsp3) is 0.222. The molecule has 0 aliphatic carbocycles. The summed E-state index contributed by atoms with van der Waals surface area (Å²) in [6, 6.07) is 11.1. The van der Waals surface area contributed by atoms with Crippen molar-refractivity contribution >= 4 is 22.7 Å². The number of nitrogens with one attached hydrogen (secondary N) is 2. The second-order valence-electron chi connectivity index (χ2n) is 9.48. The number of hydrogen-bond acceptors (Lipinski definition) is 4. The molecule has 1 aliphatic heterocycles. The van der Waals surface area contributed by atoms with E-state index in [0.29, 0.717) is 10.9 Å². The lowest BCUT2D eigenvalue weighted by Gasteiger charge is -2.24. The van der Waals surface area contributed by atoms with E-state index in [4.69, 9.17) is 10.5 Å². The molecular weight excluding hydrogens is 523 g/mol. The van der Waals surface area contributed by atoms with Crippen molar-refractivity contribution in [2.45, 2.75) is 24.4 Å². The van der Waals surface area contributed by atoms with Crippen molar-refractivity contribution in [2.75, 3.05) is 13.2 Å². The van der Waals surface area contributed by atoms with Crippen molar-refractivity contribution in [3.8, 4) is 17.0 Å². The Morgan fingerprint density at radius 1 is 1.10 bits per heavy atom. The molecule has 1 unspecified atom stereocenters. The number of fused-ring (bicyclic) bond motifs is 2. The van der Waals surface area contributed by atoms with E-state index in [9.17, 15) is 31.5 Å². The molecule has 4 N–H and O–H groups in total. The molecule has 39 heavy (non-hydrogen) atoms. The first-order valence-electron chi connectivity index (χ1n) is 11.7. The maximum Gasteiger partial charge on any atom is 0.398 e. The first-order valence-corrected chi connectivity index (χ1v) is 11.7. The second kappa shape index (κ2) is 9.37. The first kappa shape index (κ1) is 26.1. The number of aromatic nitrogens is 2. The molecule has 1 aliphatic rings. The number of benzene rings is 2. The van der Waals surface area contributed by atoms with E-state index in [1.807, 2.05) is 0 Å². The quantitative estimate of drug-likeness (QED) is 0.305. The normalized spacial score (nSPS) is 17.5. The van der Waals surface area contributed by atoms with Crippen LogP contribution < -0.4 is 15.8 Å². The summed E-state index contributed by atoms with van der Waals surface area (Å²) in [7, 11) is 0. The molecule has 2 amide bonds. The molecule has 2 aromatic carbocycles. The lowest BCUT2D eigenvalue weighted by Crippen LogP contribution is -2.40. The molecule has 0 fully saturated rings. The lowest BCUT2D eigenvalue weighted by molar-refractivity contribution is -0.149. The van der Waals surface area contributed by atoms with Gasteiger partial charge in [-0.1, -0.05) is 0 Å². The number of nitrogens with two attached hydrogens (primary N) is 1. The molecule has 0 radical (unpaired) electrons. The summed E-state index contributed by atoms with van der Waals surface area (Å²) in [6.45, 7) is 0.336. The fourth-order valence-electron chi connectivity index (χ4n) is 4.49. The van der Waals surface area contributed by atoms with Crippen LogP contribution in [0.4, 0.5) is 22.0 Å². The van der Waals surface area contributed by atoms with Gasteiger partial charge in [0.2, 0.25) is 5.91 Å². The summed E-state index contributed by atoms with van der Waals surface area (Å²) in [5, 5.41) is 2.64. The van der Waals surface area contributed by atoms with Crippen LogP contribution in [0.2, 0.25) is 0 Å². The van der Waals surface area contributed by atoms with Crippen molar-refractivity contribution < 1.29 is 36.3 Å². The third kappa shape index (κ3) is 4.77. The number of carbonyl (C=O) groups excluding carboxylic acids is 2. The maximum absolute atomic E-state index is 14.3. The number of ether oxygens (including phenoxy) is 1. The van der Waals surface area contributed by atoms with Crippen LogP contribution >= 0.6 is 0 Å². The van der Waals surface area contributed by atoms with Crippen LogP contribution in [0.5, 0.6) is 5.75 Å². The Labute approximate surface area is 218 Å². The highest BCUT2D eigenvalue weighted by atomic mass is 19.4. The van der Waals surface area contributed by atoms with Crippen molar-refractivity contribution in [1.29, 1.82) is 0 Å². The summed E-state index contributed by atoms with van der Waals surface area (Å²) in [5.41, 5.74) is 4.37. The molecule has 0 spiro atoms. The topological polar surface area (TPSA) is 110 Å². The number of rotatable bonds is 6. The number of nitrogens with zero attached hydrogens (tertiary/aromatic N) is 1. The van der Waals surface area contributed by atoms with Gasteiger partial charge in [0.25, 0.3) is 5.91 Å². The van der Waals surface area contributed by atoms with Crippen LogP contribution in [0.3, 0.4) is 0 Å². The zero-order valence-electron chi connectivity index (χ0n) is 20.3. The highest BCUT2D eigenvalue weighted by Gasteiger charge is 2.47. The van der Waals surface area contributed by atoms with E-state index >= 15 is 0 Å². The van der Waals surface area contributed by atoms with Crippen LogP contribution in [0.25, 0.3) is 22.2 Å². The summed E-state index contributed by atoms with van der Waals surface area (Å²) in [5.74, 6) is -4.96. The van der Waals surface area contributed by atoms with Gasteiger partial charge in [-0.3, -0.25) is 9.59 Å². The molecule has 2 atom stereocenters. The van der Waals surface area contributed by atoms with E-state index in [1.165, 1.54) is 43.3 Å². The van der Waals surface area contributed by atoms with Crippen LogP contribution in [0.1, 0.15) is 34.6 Å². The van der Waals surface area contributed by atoms with Gasteiger partial charge in [-0.25, -0.2) is 13.8 Å². The molecule has 0 saturated carbocycles. The minimum Gasteiger partial charge on any atom is -0.489 e. The van der Waals surface area contributed by atoms with Crippen molar-refractivity contribution in [2.24, 2.45) is 5.73 Å². The van der Waals surface area contributed by atoms with E-state index in [1.54, 1.807) is 0 Å². The Morgan fingerprint density at radius 3 is 2.46 bits per heavy atom. The van der Waals surface area contributed by atoms with Crippen LogP contribution in [-0.2, 0) is 10.2 Å². The predicted molar refractivity (Wildman–Crippen MR) is 131 cm³/mol. The van der Waals surface area contributed by atoms with E-state index in [2.05, 4.69) is 15.3 Å². The second-order valence-corrected chi connectivity index (χ2v) is 9.48. The number of pyridine rings is 1. The summed E-state index contributed by atoms with van der Waals surface area (Å²) in [6.07, 6.45) is -4.86. The van der Waals surface area contributed by atoms with Gasteiger partial charge in [-0.2, -0.15) is 13.2 Å². The number of halogens is 5.